The maximum atomic E-state index is 10.7. The Bertz CT molecular complexity index is 129. The van der Waals surface area contributed by atoms with E-state index in [2.05, 4.69) is 10.3 Å². The van der Waals surface area contributed by atoms with E-state index in [-0.39, 0.29) is 5.91 Å². The van der Waals surface area contributed by atoms with Crippen LogP contribution < -0.4 is 5.48 Å². The van der Waals surface area contributed by atoms with Crippen molar-refractivity contribution in [2.45, 2.75) is 13.8 Å². The minimum absolute atomic E-state index is 0.194. The van der Waals surface area contributed by atoms with Gasteiger partial charge in [-0.2, -0.15) is 0 Å². The zero-order valence-corrected chi connectivity index (χ0v) is 5.89. The Labute approximate surface area is 54.7 Å². The molecule has 1 amide bonds. The molecule has 0 aliphatic heterocycles. The van der Waals surface area contributed by atoms with Gasteiger partial charge in [0.1, 0.15) is 0 Å². The van der Waals surface area contributed by atoms with Crippen LogP contribution in [0.25, 0.3) is 0 Å². The predicted molar refractivity (Wildman–Crippen MR) is 34.6 cm³/mol. The Morgan fingerprint density at radius 3 is 2.56 bits per heavy atom. The molecule has 0 spiro atoms. The second kappa shape index (κ2) is 4.09. The van der Waals surface area contributed by atoms with E-state index in [0.717, 1.165) is 0 Å². The van der Waals surface area contributed by atoms with Gasteiger partial charge in [-0.15, -0.1) is 0 Å². The van der Waals surface area contributed by atoms with Crippen molar-refractivity contribution >= 4 is 5.91 Å². The van der Waals surface area contributed by atoms with Gasteiger partial charge in [-0.25, -0.2) is 5.48 Å². The average molecular weight is 129 g/mol. The lowest BCUT2D eigenvalue weighted by atomic mass is 10.3. The Kier molecular flexibility index (Phi) is 3.71. The van der Waals surface area contributed by atoms with Gasteiger partial charge < -0.3 is 0 Å². The lowest BCUT2D eigenvalue weighted by Gasteiger charge is -1.98. The first-order valence-electron chi connectivity index (χ1n) is 2.68. The van der Waals surface area contributed by atoms with Crippen LogP contribution in [0.15, 0.2) is 11.6 Å². The van der Waals surface area contributed by atoms with Gasteiger partial charge in [0.2, 0.25) is 0 Å². The van der Waals surface area contributed by atoms with Crippen molar-refractivity contribution < 1.29 is 9.63 Å². The van der Waals surface area contributed by atoms with E-state index in [1.165, 1.54) is 7.11 Å². The standard InChI is InChI=1S/C6H11NO2/c1-4-5(2)6(8)7-9-3/h4H,1-3H3,(H,7,8). The van der Waals surface area contributed by atoms with Crippen LogP contribution in [-0.2, 0) is 9.63 Å². The van der Waals surface area contributed by atoms with Crippen molar-refractivity contribution in [2.24, 2.45) is 0 Å². The minimum Gasteiger partial charge on any atom is -0.277 e. The first-order valence-corrected chi connectivity index (χ1v) is 2.68. The molecule has 0 aliphatic carbocycles. The predicted octanol–water partition coefficient (Wildman–Crippen LogP) is 0.630. The smallest absolute Gasteiger partial charge is 0.270 e. The molecule has 0 aromatic carbocycles. The molecule has 0 saturated heterocycles. The van der Waals surface area contributed by atoms with E-state index in [0.29, 0.717) is 5.57 Å². The summed E-state index contributed by atoms with van der Waals surface area (Å²) < 4.78 is 0. The van der Waals surface area contributed by atoms with Gasteiger partial charge in [-0.05, 0) is 13.8 Å². The summed E-state index contributed by atoms with van der Waals surface area (Å²) in [5.41, 5.74) is 2.84. The van der Waals surface area contributed by atoms with Gasteiger partial charge in [0.05, 0.1) is 7.11 Å². The lowest BCUT2D eigenvalue weighted by molar-refractivity contribution is -0.127. The Hall–Kier alpha value is -0.830. The van der Waals surface area contributed by atoms with Gasteiger partial charge in [-0.1, -0.05) is 6.08 Å². The number of amides is 1. The van der Waals surface area contributed by atoms with Crippen molar-refractivity contribution in [3.05, 3.63) is 11.6 Å². The largest absolute Gasteiger partial charge is 0.277 e. The summed E-state index contributed by atoms with van der Waals surface area (Å²) in [5, 5.41) is 0. The maximum Gasteiger partial charge on any atom is 0.270 e. The van der Waals surface area contributed by atoms with E-state index >= 15 is 0 Å². The van der Waals surface area contributed by atoms with Crippen LogP contribution >= 0.6 is 0 Å². The number of hydrogen-bond donors (Lipinski definition) is 1. The molecule has 9 heavy (non-hydrogen) atoms. The number of hydroxylamine groups is 1. The summed E-state index contributed by atoms with van der Waals surface area (Å²) in [4.78, 5) is 15.1. The summed E-state index contributed by atoms with van der Waals surface area (Å²) in [6.45, 7) is 3.51. The third-order valence-electron chi connectivity index (χ3n) is 0.986. The van der Waals surface area contributed by atoms with Crippen molar-refractivity contribution in [2.75, 3.05) is 7.11 Å². The molecule has 0 unspecified atom stereocenters. The SMILES string of the molecule is CC=C(C)C(=O)NOC. The molecule has 0 aromatic rings. The van der Waals surface area contributed by atoms with E-state index < -0.39 is 0 Å². The van der Waals surface area contributed by atoms with Crippen LogP contribution in [0.4, 0.5) is 0 Å². The number of nitrogens with one attached hydrogen (secondary N) is 1. The molecular formula is C6H11NO2. The minimum atomic E-state index is -0.194. The molecule has 0 heterocycles. The monoisotopic (exact) mass is 129 g/mol. The number of allylic oxidation sites excluding steroid dienone is 1. The zero-order chi connectivity index (χ0) is 7.28. The molecule has 3 nitrogen and oxygen atoms in total. The maximum absolute atomic E-state index is 10.7. The second-order valence-corrected chi connectivity index (χ2v) is 1.61. The number of carbonyl (C=O) groups excluding carboxylic acids is 1. The van der Waals surface area contributed by atoms with E-state index in [1.54, 1.807) is 19.9 Å². The third-order valence-corrected chi connectivity index (χ3v) is 0.986. The van der Waals surface area contributed by atoms with Gasteiger partial charge in [0, 0.05) is 5.57 Å². The molecule has 0 fully saturated rings. The second-order valence-electron chi connectivity index (χ2n) is 1.61. The summed E-state index contributed by atoms with van der Waals surface area (Å²) in [5.74, 6) is -0.194. The normalized spacial score (nSPS) is 11.2. The highest BCUT2D eigenvalue weighted by Crippen LogP contribution is 1.89. The van der Waals surface area contributed by atoms with Crippen LogP contribution in [-0.4, -0.2) is 13.0 Å². The summed E-state index contributed by atoms with van der Waals surface area (Å²) in [6, 6.07) is 0. The van der Waals surface area contributed by atoms with Crippen molar-refractivity contribution in [1.29, 1.82) is 0 Å². The number of rotatable bonds is 2. The highest BCUT2D eigenvalue weighted by Gasteiger charge is 1.98. The number of carbonyl (C=O) groups is 1. The molecule has 0 saturated carbocycles. The highest BCUT2D eigenvalue weighted by atomic mass is 16.6. The van der Waals surface area contributed by atoms with Crippen LogP contribution in [0.3, 0.4) is 0 Å². The fraction of sp³-hybridized carbons (Fsp3) is 0.500. The van der Waals surface area contributed by atoms with Crippen molar-refractivity contribution in [3.8, 4) is 0 Å². The molecule has 52 valence electrons. The van der Waals surface area contributed by atoms with Crippen LogP contribution in [0.2, 0.25) is 0 Å². The summed E-state index contributed by atoms with van der Waals surface area (Å²) in [6.07, 6.45) is 1.72. The quantitative estimate of drug-likeness (QED) is 0.438. The molecule has 0 rings (SSSR count). The molecule has 0 atom stereocenters. The molecule has 3 heteroatoms. The topological polar surface area (TPSA) is 38.3 Å². The van der Waals surface area contributed by atoms with E-state index in [4.69, 9.17) is 0 Å². The van der Waals surface area contributed by atoms with E-state index in [1.807, 2.05) is 0 Å². The fourth-order valence-electron chi connectivity index (χ4n) is 0.304. The molecule has 0 bridgehead atoms. The van der Waals surface area contributed by atoms with Crippen LogP contribution in [0.5, 0.6) is 0 Å². The van der Waals surface area contributed by atoms with Gasteiger partial charge in [0.15, 0.2) is 0 Å². The first-order chi connectivity index (χ1) is 4.22. The Balaban J connectivity index is 3.74. The molecular weight excluding hydrogens is 118 g/mol. The molecule has 0 aromatic heterocycles. The lowest BCUT2D eigenvalue weighted by Crippen LogP contribution is -2.22. The first kappa shape index (κ1) is 8.17. The third kappa shape index (κ3) is 2.87. The van der Waals surface area contributed by atoms with Crippen LogP contribution in [0.1, 0.15) is 13.8 Å². The van der Waals surface area contributed by atoms with E-state index in [9.17, 15) is 4.79 Å². The zero-order valence-electron chi connectivity index (χ0n) is 5.89. The van der Waals surface area contributed by atoms with Crippen LogP contribution in [0, 0.1) is 0 Å². The van der Waals surface area contributed by atoms with Gasteiger partial charge >= 0.3 is 0 Å². The molecule has 0 radical (unpaired) electrons. The van der Waals surface area contributed by atoms with Gasteiger partial charge in [-0.3, -0.25) is 9.63 Å². The average Bonchev–Trinajstić information content (AvgIpc) is 1.87. The van der Waals surface area contributed by atoms with Crippen molar-refractivity contribution in [1.82, 2.24) is 5.48 Å². The Morgan fingerprint density at radius 1 is 1.67 bits per heavy atom. The molecule has 0 aliphatic rings. The number of hydrogen-bond acceptors (Lipinski definition) is 2. The fourth-order valence-corrected chi connectivity index (χ4v) is 0.304. The Morgan fingerprint density at radius 2 is 2.22 bits per heavy atom. The van der Waals surface area contributed by atoms with Crippen molar-refractivity contribution in [3.63, 3.8) is 0 Å². The highest BCUT2D eigenvalue weighted by molar-refractivity contribution is 5.91. The molecule has 1 N–H and O–H groups in total. The summed E-state index contributed by atoms with van der Waals surface area (Å²) >= 11 is 0. The van der Waals surface area contributed by atoms with Gasteiger partial charge in [0.25, 0.3) is 5.91 Å². The summed E-state index contributed by atoms with van der Waals surface area (Å²) in [7, 11) is 1.40.